The lowest BCUT2D eigenvalue weighted by Gasteiger charge is -2.28. The first-order chi connectivity index (χ1) is 10.7. The highest BCUT2D eigenvalue weighted by molar-refractivity contribution is 5.19. The zero-order valence-electron chi connectivity index (χ0n) is 13.3. The maximum Gasteiger partial charge on any atom is 0.147 e. The third-order valence-electron chi connectivity index (χ3n) is 4.36. The van der Waals surface area contributed by atoms with Crippen molar-refractivity contribution < 1.29 is 5.11 Å². The average molecular weight is 300 g/mol. The topological polar surface area (TPSA) is 54.2 Å². The Morgan fingerprint density at radius 3 is 2.64 bits per heavy atom. The summed E-state index contributed by atoms with van der Waals surface area (Å²) in [4.78, 5) is 2.26. The molecule has 1 aliphatic carbocycles. The molecule has 118 valence electrons. The number of rotatable bonds is 7. The van der Waals surface area contributed by atoms with Crippen molar-refractivity contribution in [2.24, 2.45) is 0 Å². The first-order valence-electron chi connectivity index (χ1n) is 7.97. The van der Waals surface area contributed by atoms with Crippen molar-refractivity contribution in [2.75, 3.05) is 13.7 Å². The zero-order valence-corrected chi connectivity index (χ0v) is 13.3. The highest BCUT2D eigenvalue weighted by Gasteiger charge is 2.29. The molecule has 0 aliphatic heterocycles. The van der Waals surface area contributed by atoms with E-state index >= 15 is 0 Å². The van der Waals surface area contributed by atoms with Crippen LogP contribution in [0.5, 0.6) is 0 Å². The third kappa shape index (κ3) is 3.20. The van der Waals surface area contributed by atoms with E-state index in [1.807, 2.05) is 25.1 Å². The molecule has 1 unspecified atom stereocenters. The molecule has 1 heterocycles. The van der Waals surface area contributed by atoms with Gasteiger partial charge in [0.2, 0.25) is 0 Å². The molecule has 0 spiro atoms. The molecule has 1 fully saturated rings. The van der Waals surface area contributed by atoms with Gasteiger partial charge >= 0.3 is 0 Å². The summed E-state index contributed by atoms with van der Waals surface area (Å²) in [5.74, 6) is 2.03. The quantitative estimate of drug-likeness (QED) is 0.853. The molecule has 0 bridgehead atoms. The molecule has 1 aromatic heterocycles. The van der Waals surface area contributed by atoms with Gasteiger partial charge in [-0.25, -0.2) is 0 Å². The molecule has 2 aromatic rings. The van der Waals surface area contributed by atoms with Gasteiger partial charge in [0.05, 0.1) is 6.54 Å². The van der Waals surface area contributed by atoms with E-state index in [1.54, 1.807) is 0 Å². The number of nitrogens with zero attached hydrogens (tertiary/aromatic N) is 4. The maximum absolute atomic E-state index is 9.41. The van der Waals surface area contributed by atoms with Crippen LogP contribution in [0.2, 0.25) is 0 Å². The van der Waals surface area contributed by atoms with E-state index in [4.69, 9.17) is 0 Å². The first-order valence-corrected chi connectivity index (χ1v) is 7.97. The summed E-state index contributed by atoms with van der Waals surface area (Å²) in [5.41, 5.74) is 1.23. The summed E-state index contributed by atoms with van der Waals surface area (Å²) in [7, 11) is 2.09. The van der Waals surface area contributed by atoms with Crippen molar-refractivity contribution in [1.82, 2.24) is 19.7 Å². The van der Waals surface area contributed by atoms with Gasteiger partial charge in [0.1, 0.15) is 11.6 Å². The molecular formula is C17H24N4O. The Balaban J connectivity index is 1.78. The molecule has 1 saturated carbocycles. The fourth-order valence-electron chi connectivity index (χ4n) is 3.10. The van der Waals surface area contributed by atoms with Crippen LogP contribution in [0.15, 0.2) is 30.3 Å². The monoisotopic (exact) mass is 300 g/mol. The number of aromatic nitrogens is 3. The number of aryl methyl sites for hydroxylation is 1. The van der Waals surface area contributed by atoms with Gasteiger partial charge in [0.25, 0.3) is 0 Å². The minimum atomic E-state index is 0.179. The van der Waals surface area contributed by atoms with Crippen molar-refractivity contribution >= 4 is 0 Å². The van der Waals surface area contributed by atoms with Crippen molar-refractivity contribution in [2.45, 2.75) is 44.8 Å². The average Bonchev–Trinajstić information content (AvgIpc) is 3.30. The van der Waals surface area contributed by atoms with Crippen LogP contribution in [0.3, 0.4) is 0 Å². The normalized spacial score (nSPS) is 16.2. The van der Waals surface area contributed by atoms with Crippen molar-refractivity contribution in [3.63, 3.8) is 0 Å². The Morgan fingerprint density at radius 2 is 2.00 bits per heavy atom. The van der Waals surface area contributed by atoms with Crippen LogP contribution in [-0.4, -0.2) is 38.4 Å². The van der Waals surface area contributed by atoms with Crippen LogP contribution in [0.4, 0.5) is 0 Å². The summed E-state index contributed by atoms with van der Waals surface area (Å²) in [6, 6.07) is 11.1. The second kappa shape index (κ2) is 6.58. The van der Waals surface area contributed by atoms with Gasteiger partial charge in [-0.15, -0.1) is 10.2 Å². The number of hydrogen-bond acceptors (Lipinski definition) is 4. The molecule has 1 N–H and O–H groups in total. The largest absolute Gasteiger partial charge is 0.396 e. The molecule has 5 heteroatoms. The highest BCUT2D eigenvalue weighted by atomic mass is 16.3. The Kier molecular flexibility index (Phi) is 4.55. The molecule has 1 aromatic carbocycles. The second-order valence-electron chi connectivity index (χ2n) is 6.12. The van der Waals surface area contributed by atoms with Gasteiger partial charge < -0.3 is 9.67 Å². The van der Waals surface area contributed by atoms with Gasteiger partial charge in [-0.3, -0.25) is 4.90 Å². The molecule has 0 radical (unpaired) electrons. The van der Waals surface area contributed by atoms with Crippen LogP contribution in [0.25, 0.3) is 0 Å². The summed E-state index contributed by atoms with van der Waals surface area (Å²) in [6.45, 7) is 2.95. The van der Waals surface area contributed by atoms with E-state index in [0.717, 1.165) is 24.6 Å². The van der Waals surface area contributed by atoms with Gasteiger partial charge in [0, 0.05) is 18.7 Å². The standard InChI is InChI=1S/C17H24N4O/c1-13-18-19-17(21(13)15-8-9-15)12-20(2)16(10-11-22)14-6-4-3-5-7-14/h3-7,15-16,22H,8-12H2,1-2H3. The first kappa shape index (κ1) is 15.2. The fraction of sp³-hybridized carbons (Fsp3) is 0.529. The van der Waals surface area contributed by atoms with E-state index in [-0.39, 0.29) is 12.6 Å². The molecule has 0 amide bonds. The SMILES string of the molecule is Cc1nnc(CN(C)C(CCO)c2ccccc2)n1C1CC1. The summed E-state index contributed by atoms with van der Waals surface area (Å²) >= 11 is 0. The smallest absolute Gasteiger partial charge is 0.147 e. The minimum Gasteiger partial charge on any atom is -0.396 e. The number of benzene rings is 1. The van der Waals surface area contributed by atoms with Gasteiger partial charge in [-0.2, -0.15) is 0 Å². The van der Waals surface area contributed by atoms with Crippen molar-refractivity contribution in [3.05, 3.63) is 47.5 Å². The number of aliphatic hydroxyl groups excluding tert-OH is 1. The molecule has 22 heavy (non-hydrogen) atoms. The van der Waals surface area contributed by atoms with E-state index in [0.29, 0.717) is 6.04 Å². The lowest BCUT2D eigenvalue weighted by atomic mass is 10.0. The number of aliphatic hydroxyl groups is 1. The van der Waals surface area contributed by atoms with E-state index in [1.165, 1.54) is 18.4 Å². The molecule has 3 rings (SSSR count). The molecule has 5 nitrogen and oxygen atoms in total. The van der Waals surface area contributed by atoms with Crippen LogP contribution in [-0.2, 0) is 6.54 Å². The van der Waals surface area contributed by atoms with Gasteiger partial charge in [-0.1, -0.05) is 30.3 Å². The summed E-state index contributed by atoms with van der Waals surface area (Å²) < 4.78 is 2.28. The predicted octanol–water partition coefficient (Wildman–Crippen LogP) is 2.48. The zero-order chi connectivity index (χ0) is 15.5. The lowest BCUT2D eigenvalue weighted by molar-refractivity contribution is 0.175. The van der Waals surface area contributed by atoms with E-state index in [2.05, 4.69) is 38.8 Å². The Bertz CT molecular complexity index is 606. The van der Waals surface area contributed by atoms with Gasteiger partial charge in [-0.05, 0) is 38.8 Å². The fourth-order valence-corrected chi connectivity index (χ4v) is 3.10. The predicted molar refractivity (Wildman–Crippen MR) is 85.4 cm³/mol. The van der Waals surface area contributed by atoms with Crippen LogP contribution in [0.1, 0.15) is 48.6 Å². The Labute approximate surface area is 131 Å². The van der Waals surface area contributed by atoms with Crippen molar-refractivity contribution in [3.8, 4) is 0 Å². The summed E-state index contributed by atoms with van der Waals surface area (Å²) in [5, 5.41) is 18.0. The minimum absolute atomic E-state index is 0.179. The number of hydrogen-bond donors (Lipinski definition) is 1. The van der Waals surface area contributed by atoms with Crippen molar-refractivity contribution in [1.29, 1.82) is 0 Å². The molecular weight excluding hydrogens is 276 g/mol. The highest BCUT2D eigenvalue weighted by Crippen LogP contribution is 2.37. The third-order valence-corrected chi connectivity index (χ3v) is 4.36. The molecule has 1 atom stereocenters. The van der Waals surface area contributed by atoms with Crippen LogP contribution in [0, 0.1) is 6.92 Å². The maximum atomic E-state index is 9.41. The van der Waals surface area contributed by atoms with E-state index in [9.17, 15) is 5.11 Å². The van der Waals surface area contributed by atoms with Crippen LogP contribution < -0.4 is 0 Å². The molecule has 1 aliphatic rings. The van der Waals surface area contributed by atoms with E-state index < -0.39 is 0 Å². The second-order valence-corrected chi connectivity index (χ2v) is 6.12. The molecule has 0 saturated heterocycles. The lowest BCUT2D eigenvalue weighted by Crippen LogP contribution is -2.26. The summed E-state index contributed by atoms with van der Waals surface area (Å²) in [6.07, 6.45) is 3.18. The van der Waals surface area contributed by atoms with Gasteiger partial charge in [0.15, 0.2) is 0 Å². The van der Waals surface area contributed by atoms with Crippen LogP contribution >= 0.6 is 0 Å². The Morgan fingerprint density at radius 1 is 1.27 bits per heavy atom. The Hall–Kier alpha value is -1.72.